The minimum Gasteiger partial charge on any atom is -0.308 e. The van der Waals surface area contributed by atoms with Crippen molar-refractivity contribution in [3.05, 3.63) is 35.4 Å². The average molecular weight is 491 g/mol. The lowest BCUT2D eigenvalue weighted by Gasteiger charge is -2.20. The van der Waals surface area contributed by atoms with Gasteiger partial charge in [-0.15, -0.1) is 0 Å². The van der Waals surface area contributed by atoms with E-state index in [4.69, 9.17) is 18.1 Å². The minimum atomic E-state index is -3.20. The van der Waals surface area contributed by atoms with Crippen molar-refractivity contribution in [1.29, 1.82) is 0 Å². The highest BCUT2D eigenvalue weighted by molar-refractivity contribution is 7.53. The summed E-state index contributed by atoms with van der Waals surface area (Å²) in [5.74, 6) is 0. The van der Waals surface area contributed by atoms with Gasteiger partial charge >= 0.3 is 15.2 Å². The molecule has 0 N–H and O–H groups in total. The third kappa shape index (κ3) is 12.7. The zero-order chi connectivity index (χ0) is 23.7. The highest BCUT2D eigenvalue weighted by Gasteiger charge is 2.27. The summed E-state index contributed by atoms with van der Waals surface area (Å²) < 4.78 is 49.2. The summed E-state index contributed by atoms with van der Waals surface area (Å²) in [6.45, 7) is 10.0. The molecule has 0 aliphatic heterocycles. The maximum absolute atomic E-state index is 13.2. The van der Waals surface area contributed by atoms with Crippen LogP contribution in [-0.2, 0) is 39.5 Å². The molecular formula is C24H44O6P2. The first-order chi connectivity index (χ1) is 15.4. The van der Waals surface area contributed by atoms with Crippen molar-refractivity contribution < 1.29 is 27.2 Å². The molecule has 0 bridgehead atoms. The lowest BCUT2D eigenvalue weighted by molar-refractivity contribution is 0.198. The Balaban J connectivity index is 2.81. The van der Waals surface area contributed by atoms with Gasteiger partial charge < -0.3 is 18.1 Å². The molecule has 0 aliphatic rings. The second kappa shape index (κ2) is 17.0. The molecule has 0 amide bonds. The van der Waals surface area contributed by atoms with Gasteiger partial charge in [0.15, 0.2) is 0 Å². The van der Waals surface area contributed by atoms with E-state index in [9.17, 15) is 9.13 Å². The third-order valence-corrected chi connectivity index (χ3v) is 8.73. The number of hydrogen-bond acceptors (Lipinski definition) is 6. The van der Waals surface area contributed by atoms with Crippen molar-refractivity contribution in [2.24, 2.45) is 0 Å². The third-order valence-electron chi connectivity index (χ3n) is 4.92. The summed E-state index contributed by atoms with van der Waals surface area (Å²) in [6, 6.07) is 7.60. The van der Waals surface area contributed by atoms with Gasteiger partial charge in [0.25, 0.3) is 0 Å². The maximum Gasteiger partial charge on any atom is 0.335 e. The van der Waals surface area contributed by atoms with Crippen molar-refractivity contribution in [2.45, 2.75) is 91.4 Å². The Morgan fingerprint density at radius 1 is 0.531 bits per heavy atom. The quantitative estimate of drug-likeness (QED) is 0.135. The van der Waals surface area contributed by atoms with Gasteiger partial charge in [0.1, 0.15) is 0 Å². The Bertz CT molecular complexity index is 605. The van der Waals surface area contributed by atoms with Crippen molar-refractivity contribution in [3.8, 4) is 0 Å². The van der Waals surface area contributed by atoms with E-state index in [1.165, 1.54) is 0 Å². The minimum absolute atomic E-state index is 0.234. The molecule has 0 atom stereocenters. The Kier molecular flexibility index (Phi) is 15.7. The molecule has 186 valence electrons. The van der Waals surface area contributed by atoms with E-state index in [0.717, 1.165) is 62.5 Å². The largest absolute Gasteiger partial charge is 0.335 e. The van der Waals surface area contributed by atoms with Crippen LogP contribution in [0.4, 0.5) is 0 Å². The summed E-state index contributed by atoms with van der Waals surface area (Å²) in [7, 11) is -6.40. The van der Waals surface area contributed by atoms with Gasteiger partial charge in [0.05, 0.1) is 38.8 Å². The molecule has 0 saturated heterocycles. The lowest BCUT2D eigenvalue weighted by Crippen LogP contribution is -2.03. The number of hydrogen-bond donors (Lipinski definition) is 0. The normalized spacial score (nSPS) is 12.4. The monoisotopic (exact) mass is 490 g/mol. The van der Waals surface area contributed by atoms with Gasteiger partial charge in [0, 0.05) is 0 Å². The maximum atomic E-state index is 13.2. The number of rotatable bonds is 20. The Morgan fingerprint density at radius 3 is 1.00 bits per heavy atom. The second-order valence-corrected chi connectivity index (χ2v) is 12.2. The van der Waals surface area contributed by atoms with Crippen LogP contribution >= 0.6 is 15.2 Å². The summed E-state index contributed by atoms with van der Waals surface area (Å²) in [5, 5.41) is 0. The van der Waals surface area contributed by atoms with Gasteiger partial charge in [-0.3, -0.25) is 9.13 Å². The molecule has 0 aliphatic carbocycles. The topological polar surface area (TPSA) is 71.1 Å². The summed E-state index contributed by atoms with van der Waals surface area (Å²) in [5.41, 5.74) is 1.75. The molecule has 32 heavy (non-hydrogen) atoms. The van der Waals surface area contributed by atoms with E-state index in [2.05, 4.69) is 27.7 Å². The van der Waals surface area contributed by atoms with Crippen molar-refractivity contribution in [1.82, 2.24) is 0 Å². The van der Waals surface area contributed by atoms with Crippen LogP contribution in [0, 0.1) is 0 Å². The molecule has 0 aromatic heterocycles. The highest BCUT2D eigenvalue weighted by atomic mass is 31.2. The molecule has 1 aromatic carbocycles. The molecule has 1 aromatic rings. The Hall–Kier alpha value is -0.480. The fourth-order valence-corrected chi connectivity index (χ4v) is 6.31. The molecule has 8 heteroatoms. The van der Waals surface area contributed by atoms with Crippen LogP contribution < -0.4 is 0 Å². The van der Waals surface area contributed by atoms with E-state index in [0.29, 0.717) is 26.4 Å². The Labute approximate surface area is 195 Å². The molecule has 0 heterocycles. The van der Waals surface area contributed by atoms with Gasteiger partial charge in [-0.1, -0.05) is 77.6 Å². The van der Waals surface area contributed by atoms with Gasteiger partial charge in [-0.2, -0.15) is 0 Å². The lowest BCUT2D eigenvalue weighted by atomic mass is 10.2. The van der Waals surface area contributed by atoms with Crippen LogP contribution in [0.5, 0.6) is 0 Å². The van der Waals surface area contributed by atoms with Crippen LogP contribution in [-0.4, -0.2) is 26.4 Å². The number of benzene rings is 1. The van der Waals surface area contributed by atoms with Gasteiger partial charge in [0.2, 0.25) is 0 Å². The molecule has 0 spiro atoms. The van der Waals surface area contributed by atoms with Gasteiger partial charge in [-0.05, 0) is 36.8 Å². The molecule has 0 saturated carbocycles. The summed E-state index contributed by atoms with van der Waals surface area (Å²) in [6.07, 6.45) is 7.79. The van der Waals surface area contributed by atoms with E-state index < -0.39 is 15.2 Å². The summed E-state index contributed by atoms with van der Waals surface area (Å²) in [4.78, 5) is 0. The van der Waals surface area contributed by atoms with Crippen LogP contribution in [0.3, 0.4) is 0 Å². The zero-order valence-electron chi connectivity index (χ0n) is 20.6. The predicted octanol–water partition coefficient (Wildman–Crippen LogP) is 8.34. The zero-order valence-corrected chi connectivity index (χ0v) is 22.3. The first-order valence-corrected chi connectivity index (χ1v) is 15.7. The van der Waals surface area contributed by atoms with Crippen LogP contribution in [0.2, 0.25) is 0 Å². The average Bonchev–Trinajstić information content (AvgIpc) is 2.76. The predicted molar refractivity (Wildman–Crippen MR) is 133 cm³/mol. The fraction of sp³-hybridized carbons (Fsp3) is 0.750. The van der Waals surface area contributed by atoms with Crippen LogP contribution in [0.1, 0.15) is 90.2 Å². The smallest absolute Gasteiger partial charge is 0.308 e. The van der Waals surface area contributed by atoms with E-state index in [1.54, 1.807) is 0 Å². The molecular weight excluding hydrogens is 446 g/mol. The highest BCUT2D eigenvalue weighted by Crippen LogP contribution is 2.53. The summed E-state index contributed by atoms with van der Waals surface area (Å²) >= 11 is 0. The standard InChI is InChI=1S/C24H44O6P2/c1-5-9-17-27-31(25,28-18-10-6-2)21-23-13-15-24(16-14-23)22-32(26,29-19-11-7-3)30-20-12-8-4/h13-16H,5-12,17-22H2,1-4H3. The Morgan fingerprint density at radius 2 is 0.781 bits per heavy atom. The first-order valence-electron chi connectivity index (χ1n) is 12.2. The van der Waals surface area contributed by atoms with Crippen molar-refractivity contribution in [3.63, 3.8) is 0 Å². The molecule has 6 nitrogen and oxygen atoms in total. The van der Waals surface area contributed by atoms with Gasteiger partial charge in [-0.25, -0.2) is 0 Å². The van der Waals surface area contributed by atoms with E-state index in [-0.39, 0.29) is 12.3 Å². The van der Waals surface area contributed by atoms with Crippen molar-refractivity contribution >= 4 is 15.2 Å². The fourth-order valence-electron chi connectivity index (χ4n) is 2.85. The molecule has 0 unspecified atom stereocenters. The van der Waals surface area contributed by atoms with Crippen LogP contribution in [0.15, 0.2) is 24.3 Å². The van der Waals surface area contributed by atoms with E-state index >= 15 is 0 Å². The number of unbranched alkanes of at least 4 members (excludes halogenated alkanes) is 4. The SMILES string of the molecule is CCCCOP(=O)(Cc1ccc(CP(=O)(OCCCC)OCCCC)cc1)OCCCC. The van der Waals surface area contributed by atoms with Crippen molar-refractivity contribution in [2.75, 3.05) is 26.4 Å². The second-order valence-electron chi connectivity index (χ2n) is 8.10. The first kappa shape index (κ1) is 29.6. The van der Waals surface area contributed by atoms with Crippen LogP contribution in [0.25, 0.3) is 0 Å². The molecule has 0 fully saturated rings. The van der Waals surface area contributed by atoms with E-state index in [1.807, 2.05) is 24.3 Å². The molecule has 0 radical (unpaired) electrons. The molecule has 1 rings (SSSR count).